The molecular formula is C26H30ClN5O3S. The van der Waals surface area contributed by atoms with Crippen molar-refractivity contribution in [3.05, 3.63) is 50.6 Å². The molecule has 0 radical (unpaired) electrons. The van der Waals surface area contributed by atoms with E-state index in [-0.39, 0.29) is 11.7 Å². The minimum atomic E-state index is -1.17. The van der Waals surface area contributed by atoms with Gasteiger partial charge in [0, 0.05) is 59.6 Å². The Labute approximate surface area is 218 Å². The highest BCUT2D eigenvalue weighted by atomic mass is 35.5. The third-order valence-corrected chi connectivity index (χ3v) is 9.24. The van der Waals surface area contributed by atoms with Crippen molar-refractivity contribution in [2.75, 3.05) is 19.8 Å². The molecule has 1 saturated heterocycles. The van der Waals surface area contributed by atoms with Gasteiger partial charge >= 0.3 is 0 Å². The van der Waals surface area contributed by atoms with Crippen LogP contribution in [0.3, 0.4) is 0 Å². The number of benzene rings is 1. The molecule has 8 nitrogen and oxygen atoms in total. The number of carbonyl (C=O) groups is 2. The first-order chi connectivity index (χ1) is 17.4. The quantitative estimate of drug-likeness (QED) is 0.436. The van der Waals surface area contributed by atoms with Crippen LogP contribution in [0, 0.1) is 0 Å². The molecule has 0 spiro atoms. The number of ketones is 1. The maximum Gasteiger partial charge on any atom is 0.280 e. The number of Topliss-reactive ketones (excluding diaryl/α,β-unsaturated/α-hetero) is 1. The molecule has 1 amide bonds. The van der Waals surface area contributed by atoms with Gasteiger partial charge in [0.15, 0.2) is 5.01 Å². The minimum absolute atomic E-state index is 0.192. The number of nitrogens with two attached hydrogens (primary N) is 1. The topological polar surface area (TPSA) is 113 Å². The highest BCUT2D eigenvalue weighted by Gasteiger charge is 2.47. The van der Waals surface area contributed by atoms with Gasteiger partial charge in [-0.3, -0.25) is 14.5 Å². The number of hydrogen-bond acceptors (Lipinski definition) is 7. The standard InChI is InChI=1S/C26H30ClN5O3S/c27-16-3-4-18-15(12-16)13-20(29-18)23(33)26(28)8-1-2-22(26)31-24(34)25-30-19-5-9-32(14-21(19)36-25)17-6-10-35-11-7-17/h3-4,12-13,17,22,29H,1-2,5-11,14,28H2,(H,31,34). The first kappa shape index (κ1) is 24.1. The SMILES string of the molecule is NC1(C(=O)c2cc3cc(Cl)ccc3[nH]2)CCCC1NC(=O)c1nc2c(s1)CN(C1CCOCC1)CC2. The van der Waals surface area contributed by atoms with E-state index in [0.29, 0.717) is 34.6 Å². The van der Waals surface area contributed by atoms with Gasteiger partial charge in [0.25, 0.3) is 5.91 Å². The monoisotopic (exact) mass is 527 g/mol. The molecule has 36 heavy (non-hydrogen) atoms. The summed E-state index contributed by atoms with van der Waals surface area (Å²) in [5.41, 5.74) is 7.83. The molecule has 6 rings (SSSR count). The summed E-state index contributed by atoms with van der Waals surface area (Å²) in [5.74, 6) is -0.437. The Kier molecular flexibility index (Phi) is 6.37. The zero-order chi connectivity index (χ0) is 24.9. The molecule has 1 aliphatic carbocycles. The molecule has 2 aromatic heterocycles. The lowest BCUT2D eigenvalue weighted by atomic mass is 9.87. The Bertz CT molecular complexity index is 1320. The highest BCUT2D eigenvalue weighted by molar-refractivity contribution is 7.13. The molecule has 2 atom stereocenters. The van der Waals surface area contributed by atoms with Crippen molar-refractivity contribution >= 4 is 45.5 Å². The van der Waals surface area contributed by atoms with Gasteiger partial charge in [0.05, 0.1) is 17.4 Å². The number of halogens is 1. The van der Waals surface area contributed by atoms with Crippen LogP contribution in [0.1, 0.15) is 63.0 Å². The van der Waals surface area contributed by atoms with E-state index in [2.05, 4.69) is 20.2 Å². The fourth-order valence-electron chi connectivity index (χ4n) is 5.87. The van der Waals surface area contributed by atoms with Crippen molar-refractivity contribution in [2.24, 2.45) is 5.73 Å². The van der Waals surface area contributed by atoms with E-state index in [0.717, 1.165) is 73.5 Å². The summed E-state index contributed by atoms with van der Waals surface area (Å²) in [4.78, 5) is 38.3. The first-order valence-corrected chi connectivity index (χ1v) is 13.8. The number of rotatable bonds is 5. The van der Waals surface area contributed by atoms with Gasteiger partial charge in [-0.2, -0.15) is 0 Å². The van der Waals surface area contributed by atoms with Crippen molar-refractivity contribution in [3.63, 3.8) is 0 Å². The van der Waals surface area contributed by atoms with Crippen LogP contribution in [0.5, 0.6) is 0 Å². The van der Waals surface area contributed by atoms with Crippen LogP contribution in [0.2, 0.25) is 5.02 Å². The van der Waals surface area contributed by atoms with Gasteiger partial charge in [-0.05, 0) is 56.4 Å². The van der Waals surface area contributed by atoms with E-state index < -0.39 is 11.6 Å². The van der Waals surface area contributed by atoms with Crippen LogP contribution in [0.15, 0.2) is 24.3 Å². The first-order valence-electron chi connectivity index (χ1n) is 12.6. The lowest BCUT2D eigenvalue weighted by molar-refractivity contribution is 0.0293. The minimum Gasteiger partial charge on any atom is -0.381 e. The summed E-state index contributed by atoms with van der Waals surface area (Å²) in [6, 6.07) is 7.31. The van der Waals surface area contributed by atoms with Crippen molar-refractivity contribution in [2.45, 2.75) is 62.7 Å². The molecular weight excluding hydrogens is 498 g/mol. The zero-order valence-corrected chi connectivity index (χ0v) is 21.6. The molecule has 10 heteroatoms. The van der Waals surface area contributed by atoms with E-state index in [9.17, 15) is 9.59 Å². The number of ether oxygens (including phenoxy) is 1. The molecule has 2 fully saturated rings. The van der Waals surface area contributed by atoms with Crippen LogP contribution in [0.25, 0.3) is 10.9 Å². The van der Waals surface area contributed by atoms with Gasteiger partial charge < -0.3 is 20.8 Å². The summed E-state index contributed by atoms with van der Waals surface area (Å²) >= 11 is 7.57. The molecule has 4 N–H and O–H groups in total. The van der Waals surface area contributed by atoms with Crippen LogP contribution in [-0.2, 0) is 17.7 Å². The Morgan fingerprint density at radius 3 is 2.92 bits per heavy atom. The van der Waals surface area contributed by atoms with Crippen molar-refractivity contribution in [1.82, 2.24) is 20.2 Å². The fourth-order valence-corrected chi connectivity index (χ4v) is 7.09. The number of amides is 1. The van der Waals surface area contributed by atoms with E-state index in [1.807, 2.05) is 12.1 Å². The third-order valence-electron chi connectivity index (χ3n) is 7.92. The summed E-state index contributed by atoms with van der Waals surface area (Å²) < 4.78 is 5.51. The summed E-state index contributed by atoms with van der Waals surface area (Å²) in [6.07, 6.45) is 4.90. The van der Waals surface area contributed by atoms with Crippen molar-refractivity contribution in [3.8, 4) is 0 Å². The van der Waals surface area contributed by atoms with Gasteiger partial charge in [-0.25, -0.2) is 4.98 Å². The van der Waals surface area contributed by atoms with Gasteiger partial charge in [0.1, 0.15) is 5.54 Å². The van der Waals surface area contributed by atoms with E-state index in [1.54, 1.807) is 12.1 Å². The fraction of sp³-hybridized carbons (Fsp3) is 0.500. The molecule has 1 saturated carbocycles. The largest absolute Gasteiger partial charge is 0.381 e. The van der Waals surface area contributed by atoms with Crippen molar-refractivity contribution < 1.29 is 14.3 Å². The number of nitrogens with one attached hydrogen (secondary N) is 2. The van der Waals surface area contributed by atoms with E-state index in [1.165, 1.54) is 11.3 Å². The Balaban J connectivity index is 1.16. The van der Waals surface area contributed by atoms with Crippen LogP contribution >= 0.6 is 22.9 Å². The summed E-state index contributed by atoms with van der Waals surface area (Å²) in [7, 11) is 0. The second kappa shape index (κ2) is 9.54. The van der Waals surface area contributed by atoms with Crippen LogP contribution in [-0.4, -0.2) is 63.9 Å². The Hall–Kier alpha value is -2.30. The average Bonchev–Trinajstić information content (AvgIpc) is 3.60. The second-order valence-corrected chi connectivity index (χ2v) is 11.7. The van der Waals surface area contributed by atoms with E-state index in [4.69, 9.17) is 22.1 Å². The number of thiazole rings is 1. The molecule has 2 aliphatic heterocycles. The number of fused-ring (bicyclic) bond motifs is 2. The number of H-pyrrole nitrogens is 1. The Morgan fingerprint density at radius 2 is 2.08 bits per heavy atom. The third kappa shape index (κ3) is 4.37. The number of carbonyl (C=O) groups excluding carboxylic acids is 2. The van der Waals surface area contributed by atoms with E-state index >= 15 is 0 Å². The number of nitrogens with zero attached hydrogens (tertiary/aromatic N) is 2. The predicted molar refractivity (Wildman–Crippen MR) is 140 cm³/mol. The lowest BCUT2D eigenvalue weighted by Crippen LogP contribution is -2.60. The van der Waals surface area contributed by atoms with Gasteiger partial charge in [-0.1, -0.05) is 11.6 Å². The average molecular weight is 528 g/mol. The summed E-state index contributed by atoms with van der Waals surface area (Å²) in [6.45, 7) is 3.43. The molecule has 190 valence electrons. The summed E-state index contributed by atoms with van der Waals surface area (Å²) in [5, 5.41) is 4.98. The maximum absolute atomic E-state index is 13.5. The predicted octanol–water partition coefficient (Wildman–Crippen LogP) is 3.68. The van der Waals surface area contributed by atoms with Crippen molar-refractivity contribution in [1.29, 1.82) is 0 Å². The molecule has 3 aromatic rings. The van der Waals surface area contributed by atoms with Gasteiger partial charge in [0.2, 0.25) is 5.78 Å². The van der Waals surface area contributed by atoms with Crippen LogP contribution < -0.4 is 11.1 Å². The lowest BCUT2D eigenvalue weighted by Gasteiger charge is -2.36. The van der Waals surface area contributed by atoms with Crippen LogP contribution in [0.4, 0.5) is 0 Å². The maximum atomic E-state index is 13.5. The Morgan fingerprint density at radius 1 is 1.25 bits per heavy atom. The molecule has 0 bridgehead atoms. The number of aromatic nitrogens is 2. The molecule has 4 heterocycles. The normalized spacial score (nSPS) is 25.2. The van der Waals surface area contributed by atoms with Gasteiger partial charge in [-0.15, -0.1) is 11.3 Å². The number of aromatic amines is 1. The zero-order valence-electron chi connectivity index (χ0n) is 20.0. The molecule has 2 unspecified atom stereocenters. The highest BCUT2D eigenvalue weighted by Crippen LogP contribution is 2.33. The number of hydrogen-bond donors (Lipinski definition) is 3. The molecule has 3 aliphatic rings. The smallest absolute Gasteiger partial charge is 0.280 e. The second-order valence-electron chi connectivity index (χ2n) is 10.2. The molecule has 1 aromatic carbocycles.